The molecule has 0 aromatic heterocycles. The van der Waals surface area contributed by atoms with E-state index < -0.39 is 11.9 Å². The van der Waals surface area contributed by atoms with Crippen LogP contribution in [-0.4, -0.2) is 17.3 Å². The van der Waals surface area contributed by atoms with Gasteiger partial charge in [0.25, 0.3) is 0 Å². The summed E-state index contributed by atoms with van der Waals surface area (Å²) in [7, 11) is 0. The van der Waals surface area contributed by atoms with Crippen molar-refractivity contribution in [1.82, 2.24) is 0 Å². The van der Waals surface area contributed by atoms with Gasteiger partial charge >= 0.3 is 0 Å². The van der Waals surface area contributed by atoms with E-state index in [9.17, 15) is 9.50 Å². The van der Waals surface area contributed by atoms with Gasteiger partial charge in [0.1, 0.15) is 5.82 Å². The van der Waals surface area contributed by atoms with E-state index >= 15 is 0 Å². The Kier molecular flexibility index (Phi) is 3.54. The minimum absolute atomic E-state index is 0.00509. The molecule has 1 aliphatic heterocycles. The maximum absolute atomic E-state index is 13.5. The van der Waals surface area contributed by atoms with Crippen molar-refractivity contribution in [2.75, 3.05) is 6.61 Å². The Balaban J connectivity index is 1.75. The molecule has 0 bridgehead atoms. The molecule has 2 unspecified atom stereocenters. The molecule has 4 heteroatoms. The molecule has 0 radical (unpaired) electrons. The maximum atomic E-state index is 13.5. The van der Waals surface area contributed by atoms with Crippen molar-refractivity contribution in [3.63, 3.8) is 0 Å². The van der Waals surface area contributed by atoms with Gasteiger partial charge in [-0.3, -0.25) is 0 Å². The van der Waals surface area contributed by atoms with Gasteiger partial charge in [-0.15, -0.1) is 0 Å². The van der Waals surface area contributed by atoms with E-state index in [-0.39, 0.29) is 16.5 Å². The third-order valence-corrected chi connectivity index (χ3v) is 4.83. The zero-order valence-electron chi connectivity index (χ0n) is 10.7. The van der Waals surface area contributed by atoms with Crippen LogP contribution in [0.5, 0.6) is 0 Å². The lowest BCUT2D eigenvalue weighted by Crippen LogP contribution is -2.46. The van der Waals surface area contributed by atoms with E-state index in [1.807, 2.05) is 0 Å². The molecule has 1 N–H and O–H groups in total. The predicted octanol–water partition coefficient (Wildman–Crippen LogP) is 3.86. The van der Waals surface area contributed by atoms with Crippen molar-refractivity contribution in [1.29, 1.82) is 0 Å². The van der Waals surface area contributed by atoms with Crippen LogP contribution in [0.15, 0.2) is 18.2 Å². The Morgan fingerprint density at radius 1 is 1.42 bits per heavy atom. The highest BCUT2D eigenvalue weighted by Crippen LogP contribution is 2.47. The quantitative estimate of drug-likeness (QED) is 0.893. The molecule has 2 fully saturated rings. The molecule has 1 aromatic carbocycles. The second-order valence-electron chi connectivity index (χ2n) is 5.76. The predicted molar refractivity (Wildman–Crippen MR) is 71.6 cm³/mol. The van der Waals surface area contributed by atoms with E-state index in [1.54, 1.807) is 6.07 Å². The Morgan fingerprint density at radius 2 is 2.21 bits per heavy atom. The van der Waals surface area contributed by atoms with E-state index in [4.69, 9.17) is 16.3 Å². The molecule has 1 saturated carbocycles. The van der Waals surface area contributed by atoms with Crippen LogP contribution in [0.3, 0.4) is 0 Å². The first-order valence-corrected chi connectivity index (χ1v) is 7.24. The zero-order valence-corrected chi connectivity index (χ0v) is 11.5. The average Bonchev–Trinajstić information content (AvgIpc) is 2.39. The highest BCUT2D eigenvalue weighted by Gasteiger charge is 2.44. The largest absolute Gasteiger partial charge is 0.388 e. The SMILES string of the molecule is OC(c1ccc(Cl)c(F)c1)C1CCOC2(CCC2)C1. The van der Waals surface area contributed by atoms with E-state index in [0.717, 1.165) is 25.7 Å². The van der Waals surface area contributed by atoms with Crippen LogP contribution in [0.1, 0.15) is 43.8 Å². The smallest absolute Gasteiger partial charge is 0.142 e. The van der Waals surface area contributed by atoms with Gasteiger partial charge in [-0.2, -0.15) is 0 Å². The van der Waals surface area contributed by atoms with Crippen molar-refractivity contribution >= 4 is 11.6 Å². The number of hydrogen-bond donors (Lipinski definition) is 1. The summed E-state index contributed by atoms with van der Waals surface area (Å²) >= 11 is 5.67. The van der Waals surface area contributed by atoms with Crippen molar-refractivity contribution in [3.05, 3.63) is 34.6 Å². The Bertz CT molecular complexity index is 473. The topological polar surface area (TPSA) is 29.5 Å². The maximum Gasteiger partial charge on any atom is 0.142 e. The van der Waals surface area contributed by atoms with E-state index in [2.05, 4.69) is 0 Å². The van der Waals surface area contributed by atoms with Gasteiger partial charge < -0.3 is 9.84 Å². The molecule has 2 nitrogen and oxygen atoms in total. The fourth-order valence-electron chi connectivity index (χ4n) is 3.22. The van der Waals surface area contributed by atoms with Gasteiger partial charge in [0, 0.05) is 6.61 Å². The number of hydrogen-bond acceptors (Lipinski definition) is 2. The highest BCUT2D eigenvalue weighted by molar-refractivity contribution is 6.30. The summed E-state index contributed by atoms with van der Waals surface area (Å²) in [5.41, 5.74) is 0.609. The van der Waals surface area contributed by atoms with Gasteiger partial charge in [0.2, 0.25) is 0 Å². The molecule has 0 amide bonds. The van der Waals surface area contributed by atoms with Gasteiger partial charge in [-0.25, -0.2) is 4.39 Å². The van der Waals surface area contributed by atoms with Crippen LogP contribution in [-0.2, 0) is 4.74 Å². The standard InChI is InChI=1S/C15H18ClFO2/c16-12-3-2-10(8-13(12)17)14(18)11-4-7-19-15(9-11)5-1-6-15/h2-3,8,11,14,18H,1,4-7,9H2. The lowest BCUT2D eigenvalue weighted by molar-refractivity contribution is -0.157. The Hall–Kier alpha value is -0.640. The number of aliphatic hydroxyl groups is 1. The van der Waals surface area contributed by atoms with Gasteiger partial charge in [-0.05, 0) is 55.7 Å². The van der Waals surface area contributed by atoms with Crippen molar-refractivity contribution in [2.24, 2.45) is 5.92 Å². The lowest BCUT2D eigenvalue weighted by atomic mass is 9.70. The third-order valence-electron chi connectivity index (χ3n) is 4.53. The van der Waals surface area contributed by atoms with Crippen LogP contribution in [0.25, 0.3) is 0 Å². The molecule has 2 aliphatic rings. The van der Waals surface area contributed by atoms with Gasteiger partial charge in [0.05, 0.1) is 16.7 Å². The van der Waals surface area contributed by atoms with Crippen molar-refractivity contribution in [3.8, 4) is 0 Å². The van der Waals surface area contributed by atoms with Crippen LogP contribution >= 0.6 is 11.6 Å². The van der Waals surface area contributed by atoms with Crippen LogP contribution in [0.4, 0.5) is 4.39 Å². The summed E-state index contributed by atoms with van der Waals surface area (Å²) in [6, 6.07) is 4.56. The zero-order chi connectivity index (χ0) is 13.5. The monoisotopic (exact) mass is 284 g/mol. The molecule has 19 heavy (non-hydrogen) atoms. The number of ether oxygens (including phenoxy) is 1. The number of benzene rings is 1. The first-order chi connectivity index (χ1) is 9.10. The molecular weight excluding hydrogens is 267 g/mol. The molecule has 3 rings (SSSR count). The van der Waals surface area contributed by atoms with E-state index in [1.165, 1.54) is 18.6 Å². The number of rotatable bonds is 2. The summed E-state index contributed by atoms with van der Waals surface area (Å²) in [4.78, 5) is 0. The summed E-state index contributed by atoms with van der Waals surface area (Å²) in [6.45, 7) is 0.692. The third kappa shape index (κ3) is 2.51. The normalized spacial score (nSPS) is 27.0. The first kappa shape index (κ1) is 13.3. The molecule has 104 valence electrons. The first-order valence-electron chi connectivity index (χ1n) is 6.87. The minimum Gasteiger partial charge on any atom is -0.388 e. The molecule has 2 atom stereocenters. The second-order valence-corrected chi connectivity index (χ2v) is 6.16. The summed E-state index contributed by atoms with van der Waals surface area (Å²) in [5.74, 6) is -0.321. The number of halogens is 2. The Morgan fingerprint density at radius 3 is 2.84 bits per heavy atom. The molecule has 1 heterocycles. The fourth-order valence-corrected chi connectivity index (χ4v) is 3.34. The molecule has 1 saturated heterocycles. The average molecular weight is 285 g/mol. The van der Waals surface area contributed by atoms with E-state index in [0.29, 0.717) is 12.2 Å². The number of aliphatic hydroxyl groups excluding tert-OH is 1. The van der Waals surface area contributed by atoms with Crippen LogP contribution in [0.2, 0.25) is 5.02 Å². The van der Waals surface area contributed by atoms with Crippen molar-refractivity contribution < 1.29 is 14.2 Å². The van der Waals surface area contributed by atoms with Crippen LogP contribution < -0.4 is 0 Å². The van der Waals surface area contributed by atoms with Gasteiger partial charge in [-0.1, -0.05) is 17.7 Å². The van der Waals surface area contributed by atoms with Gasteiger partial charge in [0.15, 0.2) is 0 Å². The highest BCUT2D eigenvalue weighted by atomic mass is 35.5. The fraction of sp³-hybridized carbons (Fsp3) is 0.600. The summed E-state index contributed by atoms with van der Waals surface area (Å²) < 4.78 is 19.3. The van der Waals surface area contributed by atoms with Crippen molar-refractivity contribution in [2.45, 2.75) is 43.8 Å². The second kappa shape index (κ2) is 5.04. The molecular formula is C15H18ClFO2. The molecule has 1 aliphatic carbocycles. The molecule has 1 aromatic rings. The summed E-state index contributed by atoms with van der Waals surface area (Å²) in [5, 5.41) is 10.5. The summed E-state index contributed by atoms with van der Waals surface area (Å²) in [6.07, 6.45) is 4.45. The Labute approximate surface area is 117 Å². The molecule has 1 spiro atoms. The minimum atomic E-state index is -0.631. The lowest BCUT2D eigenvalue weighted by Gasteiger charge is -2.48. The van der Waals surface area contributed by atoms with Crippen LogP contribution in [0, 0.1) is 11.7 Å².